The van der Waals surface area contributed by atoms with Crippen LogP contribution in [0.4, 0.5) is 13.2 Å². The van der Waals surface area contributed by atoms with Crippen LogP contribution in [0.2, 0.25) is 0 Å². The number of fused-ring (bicyclic) bond motifs is 12. The molecule has 0 N–H and O–H groups in total. The molecule has 0 amide bonds. The number of para-hydroxylation sites is 4. The number of ketones is 5. The van der Waals surface area contributed by atoms with E-state index in [2.05, 4.69) is 210 Å². The minimum Gasteiger partial charge on any atom is -0.379 e. The molecule has 6 aromatic heterocycles. The number of carbonyl (C=O) groups is 5. The number of rotatable bonds is 19. The van der Waals surface area contributed by atoms with Crippen molar-refractivity contribution in [2.45, 2.75) is 120 Å². The van der Waals surface area contributed by atoms with Gasteiger partial charge in [-0.15, -0.1) is 0 Å². The van der Waals surface area contributed by atoms with Gasteiger partial charge in [-0.05, 0) is 212 Å². The summed E-state index contributed by atoms with van der Waals surface area (Å²) < 4.78 is 60.8. The largest absolute Gasteiger partial charge is 0.406 e. The zero-order valence-electron chi connectivity index (χ0n) is 83.0. The van der Waals surface area contributed by atoms with Crippen molar-refractivity contribution in [1.82, 2.24) is 37.6 Å². The van der Waals surface area contributed by atoms with Crippen molar-refractivity contribution < 1.29 is 46.6 Å². The van der Waals surface area contributed by atoms with Crippen LogP contribution in [0.5, 0.6) is 0 Å². The molecule has 24 rings (SSSR count). The fourth-order valence-corrected chi connectivity index (χ4v) is 22.1. The third-order valence-electron chi connectivity index (χ3n) is 29.7. The number of benzene rings is 15. The topological polar surface area (TPSA) is 148 Å². The van der Waals surface area contributed by atoms with E-state index in [0.29, 0.717) is 33.8 Å². The Hall–Kier alpha value is -15.3. The van der Waals surface area contributed by atoms with Crippen molar-refractivity contribution in [3.05, 3.63) is 422 Å². The zero-order valence-corrected chi connectivity index (χ0v) is 83.0. The van der Waals surface area contributed by atoms with E-state index in [0.717, 1.165) is 239 Å². The molecule has 2 aliphatic heterocycles. The molecule has 3 fully saturated rings. The van der Waals surface area contributed by atoms with Gasteiger partial charge in [0.05, 0.1) is 60.4 Å². The predicted molar refractivity (Wildman–Crippen MR) is 579 cm³/mol. The number of hydrogen-bond donors (Lipinski definition) is 0. The van der Waals surface area contributed by atoms with E-state index in [-0.39, 0.29) is 28.9 Å². The highest BCUT2D eigenvalue weighted by Gasteiger charge is 2.35. The molecule has 8 heterocycles. The van der Waals surface area contributed by atoms with E-state index >= 15 is 0 Å². The van der Waals surface area contributed by atoms with Gasteiger partial charge in [-0.1, -0.05) is 255 Å². The minimum atomic E-state index is -4.37. The molecule has 15 nitrogen and oxygen atoms in total. The number of nitrogens with zero attached hydrogens (tertiary/aromatic N) is 8. The molecule has 18 heteroatoms. The summed E-state index contributed by atoms with van der Waals surface area (Å²) in [5.74, 6) is 0.136. The van der Waals surface area contributed by atoms with Gasteiger partial charge < -0.3 is 32.3 Å². The van der Waals surface area contributed by atoms with E-state index in [1.54, 1.807) is 43.5 Å². The van der Waals surface area contributed by atoms with Gasteiger partial charge in [0.15, 0.2) is 28.9 Å². The molecule has 1 saturated carbocycles. The molecule has 0 atom stereocenters. The summed E-state index contributed by atoms with van der Waals surface area (Å²) in [6, 6.07) is 100. The monoisotopic (exact) mass is 1910 g/mol. The Morgan fingerprint density at radius 3 is 0.972 bits per heavy atom. The highest BCUT2D eigenvalue weighted by atomic mass is 19.4. The fraction of sp³-hybridized carbons (Fsp3) is 0.222. The van der Waals surface area contributed by atoms with Gasteiger partial charge in [-0.3, -0.25) is 38.8 Å². The molecule has 2 saturated heterocycles. The normalized spacial score (nSPS) is 13.6. The summed E-state index contributed by atoms with van der Waals surface area (Å²) in [6.45, 7) is 30.7. The number of alkyl halides is 3. The number of morpholine rings is 2. The third kappa shape index (κ3) is 18.5. The van der Waals surface area contributed by atoms with Crippen molar-refractivity contribution in [2.75, 3.05) is 65.7 Å². The second-order valence-corrected chi connectivity index (χ2v) is 38.3. The van der Waals surface area contributed by atoms with Crippen LogP contribution < -0.4 is 0 Å². The van der Waals surface area contributed by atoms with Crippen LogP contribution in [0.1, 0.15) is 156 Å². The minimum absolute atomic E-state index is 0.0754. The molecule has 144 heavy (non-hydrogen) atoms. The second kappa shape index (κ2) is 41.0. The van der Waals surface area contributed by atoms with Gasteiger partial charge in [0.2, 0.25) is 0 Å². The number of aryl methyl sites for hydroxylation is 6. The van der Waals surface area contributed by atoms with E-state index < -0.39 is 12.7 Å². The summed E-state index contributed by atoms with van der Waals surface area (Å²) in [4.78, 5) is 77.5. The van der Waals surface area contributed by atoms with E-state index in [4.69, 9.17) is 9.47 Å². The Morgan fingerprint density at radius 1 is 0.299 bits per heavy atom. The number of aromatic nitrogens is 6. The number of pyridine rings is 1. The molecule has 21 aromatic rings. The van der Waals surface area contributed by atoms with Crippen LogP contribution in [-0.4, -0.2) is 138 Å². The first-order chi connectivity index (χ1) is 69.9. The third-order valence-corrected chi connectivity index (χ3v) is 29.7. The van der Waals surface area contributed by atoms with Gasteiger partial charge in [0.25, 0.3) is 0 Å². The van der Waals surface area contributed by atoms with Crippen LogP contribution in [0.25, 0.3) is 119 Å². The van der Waals surface area contributed by atoms with Crippen molar-refractivity contribution in [2.24, 2.45) is 0 Å². The maximum Gasteiger partial charge on any atom is 0.406 e. The second-order valence-electron chi connectivity index (χ2n) is 38.3. The van der Waals surface area contributed by atoms with Crippen molar-refractivity contribution in [3.8, 4) is 0 Å². The van der Waals surface area contributed by atoms with Gasteiger partial charge in [-0.2, -0.15) is 13.2 Å². The van der Waals surface area contributed by atoms with Crippen molar-refractivity contribution in [3.63, 3.8) is 0 Å². The van der Waals surface area contributed by atoms with Gasteiger partial charge in [0.1, 0.15) is 6.54 Å². The Balaban J connectivity index is 0.000000110. The van der Waals surface area contributed by atoms with Crippen LogP contribution >= 0.6 is 0 Å². The lowest BCUT2D eigenvalue weighted by Gasteiger charge is -2.27. The highest BCUT2D eigenvalue weighted by Crippen LogP contribution is 2.44. The Kier molecular flexibility index (Phi) is 27.4. The molecule has 15 aromatic carbocycles. The predicted octanol–water partition coefficient (Wildman–Crippen LogP) is 28.0. The summed E-state index contributed by atoms with van der Waals surface area (Å²) >= 11 is 0. The highest BCUT2D eigenvalue weighted by molar-refractivity contribution is 6.27. The number of halogens is 3. The Bertz CT molecular complexity index is 8420. The Morgan fingerprint density at radius 2 is 0.597 bits per heavy atom. The molecule has 0 spiro atoms. The van der Waals surface area contributed by atoms with Gasteiger partial charge in [0, 0.05) is 187 Å². The van der Waals surface area contributed by atoms with Crippen LogP contribution in [0.3, 0.4) is 0 Å². The summed E-state index contributed by atoms with van der Waals surface area (Å²) in [5.41, 5.74) is 22.6. The van der Waals surface area contributed by atoms with Crippen LogP contribution in [-0.2, 0) is 35.7 Å². The number of hydrogen-bond acceptors (Lipinski definition) is 10. The Labute approximate surface area is 835 Å². The molecule has 3 aliphatic rings. The number of ether oxygens (including phenoxy) is 2. The SMILES string of the molecule is CCn1c2ccccc2c2cc(C(=O)c3ccc(C)c4ccccc34)ccc21.Cc1ccc(C(=O)c2c(C)n(C3CC3)c3ccccc23)c2ccccc12.Cc1ccc(C(=O)c2c(C)n(CC(F)(F)F)c3ccccc23)c2ccccc12.Cc1ccc(C(=O)c2c(C)n(CCN3CCOCC3)c3ccccc23)c2ccccc12.Cc1ccc(C(=O)c2c(C)n(CCN3CCOCC3)c3cnccc23)c2ccccc12. The average molecular weight is 1910 g/mol. The summed E-state index contributed by atoms with van der Waals surface area (Å²) in [7, 11) is 0. The average Bonchev–Trinajstić information content (AvgIpc) is 1.60. The maximum absolute atomic E-state index is 13.9. The standard InChI is InChI=1S/C27H28N2O2.C26H27N3O2.C26H21NO.C24H21NO.C23H18F3NO/c1-19-11-12-23(22-8-4-3-7-21(19)22)27(30)26-20(2)29(25-10-6-5-9-24(25)26)14-13-28-15-17-31-18-16-28;1-18-7-8-22(21-6-4-3-5-20(18)21)26(30)25-19(2)29(24-17-27-10-9-23(24)25)12-11-28-13-15-31-16-14-28;1-3-27-24-11-7-6-10-21(24)23-16-18(13-15-25(23)27)26(28)22-14-12-17(2)19-8-4-5-9-20(19)22;1-15-11-14-20(19-8-4-3-7-18(15)19)24(26)23-16(2)25(17-12-13-17)22-10-6-5-9-21(22)23;1-14-11-12-18(17-8-4-3-7-16(14)17)22(28)21-15(2)27(13-23(24,25)26)20-10-6-5-9-19(20)21/h3-12H,13-18H2,1-2H3;3-10,17H,11-16H2,1-2H3;4-16H,3H2,1-2H3;3-11,14,17H,12-13H2,1-2H3;3-12H,13H2,1-2H3. The summed E-state index contributed by atoms with van der Waals surface area (Å²) in [6.07, 6.45) is 1.70. The lowest BCUT2D eigenvalue weighted by Crippen LogP contribution is -2.38. The van der Waals surface area contributed by atoms with E-state index in [1.807, 2.05) is 165 Å². The van der Waals surface area contributed by atoms with E-state index in [1.165, 1.54) is 61.6 Å². The molecule has 0 bridgehead atoms. The van der Waals surface area contributed by atoms with E-state index in [9.17, 15) is 37.1 Å². The molecule has 0 unspecified atom stereocenters. The maximum atomic E-state index is 13.9. The molecular formula is C126H115F3N8O7. The van der Waals surface area contributed by atoms with Gasteiger partial charge in [-0.25, -0.2) is 0 Å². The van der Waals surface area contributed by atoms with Crippen molar-refractivity contribution in [1.29, 1.82) is 0 Å². The lowest BCUT2D eigenvalue weighted by atomic mass is 9.93. The molecular weight excluding hydrogens is 1790 g/mol. The quantitative estimate of drug-likeness (QED) is 0.0717. The fourth-order valence-electron chi connectivity index (χ4n) is 22.1. The first kappa shape index (κ1) is 96.2. The first-order valence-corrected chi connectivity index (χ1v) is 49.9. The molecule has 0 radical (unpaired) electrons. The molecule has 722 valence electrons. The van der Waals surface area contributed by atoms with Gasteiger partial charge >= 0.3 is 6.18 Å². The lowest BCUT2D eigenvalue weighted by molar-refractivity contribution is -0.140. The summed E-state index contributed by atoms with van der Waals surface area (Å²) in [5, 5.41) is 16.4. The van der Waals surface area contributed by atoms with Crippen LogP contribution in [0.15, 0.2) is 316 Å². The zero-order chi connectivity index (χ0) is 99.9. The number of carbonyl (C=O) groups excluding carboxylic acids is 5. The first-order valence-electron chi connectivity index (χ1n) is 49.9. The van der Waals surface area contributed by atoms with Crippen LogP contribution in [0, 0.1) is 62.3 Å². The molecule has 1 aliphatic carbocycles. The van der Waals surface area contributed by atoms with Crippen molar-refractivity contribution >= 4 is 148 Å². The smallest absolute Gasteiger partial charge is 0.379 e.